The van der Waals surface area contributed by atoms with Crippen LogP contribution in [0.5, 0.6) is 5.75 Å². The molecule has 0 radical (unpaired) electrons. The molecule has 2 aromatic carbocycles. The SMILES string of the molecule is COc1cccc(CCNc2ccc(C#N)c(F)c2F)c1. The minimum absolute atomic E-state index is 0.0504. The van der Waals surface area contributed by atoms with Crippen LogP contribution in [0.4, 0.5) is 14.5 Å². The summed E-state index contributed by atoms with van der Waals surface area (Å²) in [5, 5.41) is 11.4. The Morgan fingerprint density at radius 1 is 1.19 bits per heavy atom. The highest BCUT2D eigenvalue weighted by Gasteiger charge is 2.12. The zero-order valence-corrected chi connectivity index (χ0v) is 11.5. The van der Waals surface area contributed by atoms with E-state index in [4.69, 9.17) is 10.00 Å². The summed E-state index contributed by atoms with van der Waals surface area (Å²) in [6.45, 7) is 0.440. The molecule has 0 aliphatic heterocycles. The molecule has 3 nitrogen and oxygen atoms in total. The van der Waals surface area contributed by atoms with Crippen molar-refractivity contribution in [2.45, 2.75) is 6.42 Å². The number of ether oxygens (including phenoxy) is 1. The number of halogens is 2. The molecule has 0 aliphatic rings. The molecule has 21 heavy (non-hydrogen) atoms. The van der Waals surface area contributed by atoms with E-state index in [1.807, 2.05) is 24.3 Å². The first-order valence-electron chi connectivity index (χ1n) is 6.40. The van der Waals surface area contributed by atoms with Gasteiger partial charge in [0.1, 0.15) is 11.8 Å². The van der Waals surface area contributed by atoms with Crippen molar-refractivity contribution in [1.82, 2.24) is 0 Å². The molecule has 0 spiro atoms. The number of nitrogens with one attached hydrogen (secondary N) is 1. The van der Waals surface area contributed by atoms with Gasteiger partial charge in [0.25, 0.3) is 0 Å². The van der Waals surface area contributed by atoms with E-state index in [0.29, 0.717) is 13.0 Å². The average molecular weight is 288 g/mol. The Bertz CT molecular complexity index is 680. The van der Waals surface area contributed by atoms with Crippen LogP contribution < -0.4 is 10.1 Å². The number of anilines is 1. The van der Waals surface area contributed by atoms with Crippen LogP contribution in [0.15, 0.2) is 36.4 Å². The Kier molecular flexibility index (Phi) is 4.72. The molecule has 1 N–H and O–H groups in total. The van der Waals surface area contributed by atoms with E-state index in [-0.39, 0.29) is 11.3 Å². The first-order chi connectivity index (χ1) is 10.2. The lowest BCUT2D eigenvalue weighted by atomic mass is 10.1. The second-order valence-corrected chi connectivity index (χ2v) is 4.43. The van der Waals surface area contributed by atoms with Crippen LogP contribution >= 0.6 is 0 Å². The molecule has 0 saturated heterocycles. The smallest absolute Gasteiger partial charge is 0.183 e. The Morgan fingerprint density at radius 2 is 2.00 bits per heavy atom. The molecule has 0 heterocycles. The summed E-state index contributed by atoms with van der Waals surface area (Å²) in [5.74, 6) is -1.40. The minimum Gasteiger partial charge on any atom is -0.497 e. The van der Waals surface area contributed by atoms with Crippen molar-refractivity contribution < 1.29 is 13.5 Å². The predicted octanol–water partition coefficient (Wildman–Crippen LogP) is 3.50. The number of methoxy groups -OCH3 is 1. The zero-order valence-electron chi connectivity index (χ0n) is 11.5. The Balaban J connectivity index is 2.01. The van der Waals surface area contributed by atoms with Crippen LogP contribution in [-0.4, -0.2) is 13.7 Å². The highest BCUT2D eigenvalue weighted by molar-refractivity contribution is 5.49. The molecule has 0 aromatic heterocycles. The van der Waals surface area contributed by atoms with Crippen molar-refractivity contribution in [3.05, 3.63) is 59.2 Å². The maximum Gasteiger partial charge on any atom is 0.183 e. The van der Waals surface area contributed by atoms with Crippen molar-refractivity contribution in [1.29, 1.82) is 5.26 Å². The second kappa shape index (κ2) is 6.71. The normalized spacial score (nSPS) is 10.0. The van der Waals surface area contributed by atoms with Crippen molar-refractivity contribution in [2.75, 3.05) is 19.0 Å². The van der Waals surface area contributed by atoms with Gasteiger partial charge in [0.2, 0.25) is 0 Å². The molecule has 0 fully saturated rings. The highest BCUT2D eigenvalue weighted by atomic mass is 19.2. The summed E-state index contributed by atoms with van der Waals surface area (Å²) in [7, 11) is 1.59. The van der Waals surface area contributed by atoms with E-state index in [0.717, 1.165) is 11.3 Å². The number of hydrogen-bond acceptors (Lipinski definition) is 3. The molecule has 0 unspecified atom stereocenters. The van der Waals surface area contributed by atoms with Gasteiger partial charge in [-0.05, 0) is 36.2 Å². The van der Waals surface area contributed by atoms with E-state index in [9.17, 15) is 8.78 Å². The molecule has 108 valence electrons. The first-order valence-corrected chi connectivity index (χ1v) is 6.40. The monoisotopic (exact) mass is 288 g/mol. The van der Waals surface area contributed by atoms with E-state index in [1.165, 1.54) is 12.1 Å². The van der Waals surface area contributed by atoms with Gasteiger partial charge >= 0.3 is 0 Å². The Morgan fingerprint density at radius 3 is 2.71 bits per heavy atom. The van der Waals surface area contributed by atoms with Crippen LogP contribution in [0.3, 0.4) is 0 Å². The predicted molar refractivity (Wildman–Crippen MR) is 76.3 cm³/mol. The van der Waals surface area contributed by atoms with E-state index >= 15 is 0 Å². The lowest BCUT2D eigenvalue weighted by Crippen LogP contribution is -2.08. The molecule has 0 atom stereocenters. The molecule has 2 rings (SSSR count). The maximum atomic E-state index is 13.7. The van der Waals surface area contributed by atoms with Crippen LogP contribution in [0.2, 0.25) is 0 Å². The third kappa shape index (κ3) is 3.48. The lowest BCUT2D eigenvalue weighted by molar-refractivity contribution is 0.414. The molecule has 0 amide bonds. The van der Waals surface area contributed by atoms with Crippen LogP contribution in [-0.2, 0) is 6.42 Å². The number of rotatable bonds is 5. The van der Waals surface area contributed by atoms with E-state index < -0.39 is 11.6 Å². The zero-order chi connectivity index (χ0) is 15.2. The van der Waals surface area contributed by atoms with Crippen molar-refractivity contribution in [3.8, 4) is 11.8 Å². The Hall–Kier alpha value is -2.61. The standard InChI is InChI=1S/C16H14F2N2O/c1-21-13-4-2-3-11(9-13)7-8-20-14-6-5-12(10-19)15(17)16(14)18/h2-6,9,20H,7-8H2,1H3. The van der Waals surface area contributed by atoms with Gasteiger partial charge in [0, 0.05) is 6.54 Å². The van der Waals surface area contributed by atoms with Crippen LogP contribution in [0.25, 0.3) is 0 Å². The fraction of sp³-hybridized carbons (Fsp3) is 0.188. The summed E-state index contributed by atoms with van der Waals surface area (Å²) < 4.78 is 32.3. The van der Waals surface area contributed by atoms with Crippen molar-refractivity contribution in [2.24, 2.45) is 0 Å². The van der Waals surface area contributed by atoms with Gasteiger partial charge < -0.3 is 10.1 Å². The van der Waals surface area contributed by atoms with Gasteiger partial charge in [-0.3, -0.25) is 0 Å². The summed E-state index contributed by atoms with van der Waals surface area (Å²) in [4.78, 5) is 0. The molecular weight excluding hydrogens is 274 g/mol. The summed E-state index contributed by atoms with van der Waals surface area (Å²) in [6, 6.07) is 11.7. The van der Waals surface area contributed by atoms with E-state index in [1.54, 1.807) is 13.2 Å². The van der Waals surface area contributed by atoms with Crippen LogP contribution in [0.1, 0.15) is 11.1 Å². The quantitative estimate of drug-likeness (QED) is 0.916. The van der Waals surface area contributed by atoms with Gasteiger partial charge in [-0.2, -0.15) is 5.26 Å². The fourth-order valence-electron chi connectivity index (χ4n) is 1.94. The summed E-state index contributed by atoms with van der Waals surface area (Å²) >= 11 is 0. The average Bonchev–Trinajstić information content (AvgIpc) is 2.52. The summed E-state index contributed by atoms with van der Waals surface area (Å²) in [6.07, 6.45) is 0.637. The second-order valence-electron chi connectivity index (χ2n) is 4.43. The molecule has 0 bridgehead atoms. The number of nitriles is 1. The van der Waals surface area contributed by atoms with Gasteiger partial charge in [0.15, 0.2) is 11.6 Å². The fourth-order valence-corrected chi connectivity index (χ4v) is 1.94. The largest absolute Gasteiger partial charge is 0.497 e. The summed E-state index contributed by atoms with van der Waals surface area (Å²) in [5.41, 5.74) is 0.775. The van der Waals surface area contributed by atoms with Gasteiger partial charge in [0.05, 0.1) is 18.4 Å². The third-order valence-corrected chi connectivity index (χ3v) is 3.07. The van der Waals surface area contributed by atoms with Crippen LogP contribution in [0, 0.1) is 23.0 Å². The lowest BCUT2D eigenvalue weighted by Gasteiger charge is -2.09. The molecule has 2 aromatic rings. The first kappa shape index (κ1) is 14.8. The topological polar surface area (TPSA) is 45.0 Å². The van der Waals surface area contributed by atoms with E-state index in [2.05, 4.69) is 5.32 Å². The Labute approximate surface area is 121 Å². The highest BCUT2D eigenvalue weighted by Crippen LogP contribution is 2.20. The van der Waals surface area contributed by atoms with Gasteiger partial charge in [-0.1, -0.05) is 12.1 Å². The number of nitrogens with zero attached hydrogens (tertiary/aromatic N) is 1. The van der Waals surface area contributed by atoms with Gasteiger partial charge in [-0.15, -0.1) is 0 Å². The van der Waals surface area contributed by atoms with Crippen molar-refractivity contribution >= 4 is 5.69 Å². The third-order valence-electron chi connectivity index (χ3n) is 3.07. The molecule has 0 saturated carbocycles. The van der Waals surface area contributed by atoms with Gasteiger partial charge in [-0.25, -0.2) is 8.78 Å². The maximum absolute atomic E-state index is 13.7. The molecule has 0 aliphatic carbocycles. The minimum atomic E-state index is -1.12. The number of benzene rings is 2. The number of hydrogen-bond donors (Lipinski definition) is 1. The van der Waals surface area contributed by atoms with Crippen molar-refractivity contribution in [3.63, 3.8) is 0 Å². The molecule has 5 heteroatoms. The molecular formula is C16H14F2N2O.